The number of alkyl halides is 5. The van der Waals surface area contributed by atoms with Crippen LogP contribution in [-0.4, -0.2) is 68.5 Å². The number of carbonyl (C=O) groups is 2. The zero-order chi connectivity index (χ0) is 30.2. The molecule has 0 aromatic carbocycles. The number of pyridine rings is 1. The summed E-state index contributed by atoms with van der Waals surface area (Å²) >= 11 is 0.604. The molecule has 2 aliphatic rings. The van der Waals surface area contributed by atoms with Crippen LogP contribution in [0.15, 0.2) is 12.3 Å². The predicted molar refractivity (Wildman–Crippen MR) is 144 cm³/mol. The standard InChI is InChI=1S/C27H34F5N5O3S/c1-15-8-5-7-11-37(15)24(39)20-21(41-23(36-20)22(38)34-14-25(2,3)40)16-13-33-19(12-17(16)27(30,31)32)35-18-9-4-6-10-26(18,28)29/h12-13,15,18,40H,4-11,14H2,1-3H3,(H,33,35)(H,34,38)/t15-,18+/m0/s1. The molecular weight excluding hydrogens is 569 g/mol. The van der Waals surface area contributed by atoms with E-state index in [0.717, 1.165) is 19.0 Å². The lowest BCUT2D eigenvalue weighted by atomic mass is 9.91. The average Bonchev–Trinajstić information content (AvgIpc) is 3.33. The number of anilines is 1. The highest BCUT2D eigenvalue weighted by atomic mass is 32.1. The third-order valence-corrected chi connectivity index (χ3v) is 8.40. The van der Waals surface area contributed by atoms with Crippen LogP contribution in [-0.2, 0) is 6.18 Å². The van der Waals surface area contributed by atoms with Gasteiger partial charge in [-0.25, -0.2) is 18.7 Å². The lowest BCUT2D eigenvalue weighted by Gasteiger charge is -2.33. The summed E-state index contributed by atoms with van der Waals surface area (Å²) < 4.78 is 71.9. The number of thiazole rings is 1. The normalized spacial score (nSPS) is 21.4. The van der Waals surface area contributed by atoms with Gasteiger partial charge in [-0.1, -0.05) is 6.42 Å². The van der Waals surface area contributed by atoms with Gasteiger partial charge in [-0.2, -0.15) is 13.2 Å². The number of nitrogens with one attached hydrogen (secondary N) is 2. The molecule has 8 nitrogen and oxygen atoms in total. The number of carbonyl (C=O) groups excluding carboxylic acids is 2. The van der Waals surface area contributed by atoms with Crippen molar-refractivity contribution in [2.45, 2.75) is 95.5 Å². The number of aromatic nitrogens is 2. The number of hydrogen-bond donors (Lipinski definition) is 3. The number of amides is 2. The van der Waals surface area contributed by atoms with Crippen LogP contribution in [0.1, 0.15) is 91.6 Å². The molecule has 3 N–H and O–H groups in total. The van der Waals surface area contributed by atoms with E-state index in [1.165, 1.54) is 18.7 Å². The largest absolute Gasteiger partial charge is 0.417 e. The minimum atomic E-state index is -4.93. The van der Waals surface area contributed by atoms with Crippen LogP contribution in [0.25, 0.3) is 10.4 Å². The van der Waals surface area contributed by atoms with E-state index in [4.69, 9.17) is 0 Å². The third kappa shape index (κ3) is 7.32. The molecule has 0 bridgehead atoms. The Kier molecular flexibility index (Phi) is 8.93. The highest BCUT2D eigenvalue weighted by molar-refractivity contribution is 7.17. The van der Waals surface area contributed by atoms with E-state index in [0.29, 0.717) is 43.2 Å². The van der Waals surface area contributed by atoms with Crippen molar-refractivity contribution in [3.63, 3.8) is 0 Å². The van der Waals surface area contributed by atoms with E-state index in [2.05, 4.69) is 20.6 Å². The van der Waals surface area contributed by atoms with Crippen LogP contribution in [0.2, 0.25) is 0 Å². The van der Waals surface area contributed by atoms with Crippen molar-refractivity contribution in [3.05, 3.63) is 28.5 Å². The zero-order valence-electron chi connectivity index (χ0n) is 23.1. The zero-order valence-corrected chi connectivity index (χ0v) is 23.9. The average molecular weight is 604 g/mol. The van der Waals surface area contributed by atoms with Gasteiger partial charge in [0.05, 0.1) is 22.1 Å². The summed E-state index contributed by atoms with van der Waals surface area (Å²) in [6.07, 6.45) is -1.16. The van der Waals surface area contributed by atoms with E-state index >= 15 is 0 Å². The van der Waals surface area contributed by atoms with Gasteiger partial charge in [0, 0.05) is 37.3 Å². The smallest absolute Gasteiger partial charge is 0.389 e. The van der Waals surface area contributed by atoms with E-state index in [-0.39, 0.29) is 46.8 Å². The number of aliphatic hydroxyl groups is 1. The lowest BCUT2D eigenvalue weighted by Crippen LogP contribution is -2.42. The second kappa shape index (κ2) is 11.8. The Hall–Kier alpha value is -2.87. The lowest BCUT2D eigenvalue weighted by molar-refractivity contribution is -0.137. The molecule has 0 radical (unpaired) electrons. The van der Waals surface area contributed by atoms with Crippen molar-refractivity contribution in [3.8, 4) is 10.4 Å². The molecule has 0 unspecified atom stereocenters. The molecular formula is C27H34F5N5O3S. The molecule has 2 aromatic rings. The molecule has 2 amide bonds. The number of halogens is 5. The SMILES string of the molecule is C[C@H]1CCCCN1C(=O)c1nc(C(=O)NCC(C)(C)O)sc1-c1cnc(N[C@@H]2CCCCC2(F)F)cc1C(F)(F)F. The fourth-order valence-electron chi connectivity index (χ4n) is 5.05. The van der Waals surface area contributed by atoms with Crippen LogP contribution in [0.3, 0.4) is 0 Å². The predicted octanol–water partition coefficient (Wildman–Crippen LogP) is 5.73. The Morgan fingerprint density at radius 3 is 2.51 bits per heavy atom. The molecule has 41 heavy (non-hydrogen) atoms. The Morgan fingerprint density at radius 2 is 1.88 bits per heavy atom. The topological polar surface area (TPSA) is 107 Å². The molecule has 3 heterocycles. The van der Waals surface area contributed by atoms with E-state index in [9.17, 15) is 36.6 Å². The molecule has 2 aromatic heterocycles. The highest BCUT2D eigenvalue weighted by Crippen LogP contribution is 2.43. The van der Waals surface area contributed by atoms with E-state index < -0.39 is 46.7 Å². The van der Waals surface area contributed by atoms with Crippen molar-refractivity contribution >= 4 is 29.0 Å². The maximum absolute atomic E-state index is 14.4. The molecule has 2 fully saturated rings. The molecule has 226 valence electrons. The van der Waals surface area contributed by atoms with Gasteiger partial charge >= 0.3 is 6.18 Å². The highest BCUT2D eigenvalue weighted by Gasteiger charge is 2.43. The van der Waals surface area contributed by atoms with Gasteiger partial charge in [0.1, 0.15) is 11.5 Å². The third-order valence-electron chi connectivity index (χ3n) is 7.31. The maximum Gasteiger partial charge on any atom is 0.417 e. The first-order valence-corrected chi connectivity index (χ1v) is 14.4. The molecule has 14 heteroatoms. The molecule has 1 saturated carbocycles. The molecule has 1 saturated heterocycles. The van der Waals surface area contributed by atoms with Gasteiger partial charge in [-0.3, -0.25) is 9.59 Å². The van der Waals surface area contributed by atoms with Crippen molar-refractivity contribution in [1.29, 1.82) is 0 Å². The fourth-order valence-corrected chi connectivity index (χ4v) is 6.05. The monoisotopic (exact) mass is 603 g/mol. The molecule has 0 spiro atoms. The summed E-state index contributed by atoms with van der Waals surface area (Å²) in [5, 5.41) is 14.7. The van der Waals surface area contributed by atoms with E-state index in [1.807, 2.05) is 6.92 Å². The van der Waals surface area contributed by atoms with Gasteiger partial charge in [0.2, 0.25) is 0 Å². The van der Waals surface area contributed by atoms with Crippen LogP contribution in [0.5, 0.6) is 0 Å². The first-order chi connectivity index (χ1) is 19.1. The summed E-state index contributed by atoms with van der Waals surface area (Å²) in [6.45, 7) is 5.00. The maximum atomic E-state index is 14.4. The number of piperidine rings is 1. The first-order valence-electron chi connectivity index (χ1n) is 13.6. The van der Waals surface area contributed by atoms with Gasteiger partial charge in [-0.15, -0.1) is 11.3 Å². The van der Waals surface area contributed by atoms with Crippen LogP contribution in [0.4, 0.5) is 27.8 Å². The van der Waals surface area contributed by atoms with Gasteiger partial charge in [0.15, 0.2) is 5.01 Å². The van der Waals surface area contributed by atoms with Crippen LogP contribution in [0, 0.1) is 0 Å². The Balaban J connectivity index is 1.77. The number of hydrogen-bond acceptors (Lipinski definition) is 7. The molecule has 1 aliphatic heterocycles. The summed E-state index contributed by atoms with van der Waals surface area (Å²) in [7, 11) is 0. The van der Waals surface area contributed by atoms with Crippen LogP contribution >= 0.6 is 11.3 Å². The second-order valence-electron chi connectivity index (χ2n) is 11.4. The Morgan fingerprint density at radius 1 is 1.17 bits per heavy atom. The van der Waals surface area contributed by atoms with Gasteiger partial charge in [0.25, 0.3) is 17.7 Å². The summed E-state index contributed by atoms with van der Waals surface area (Å²) in [5.74, 6) is -4.83. The molecule has 4 rings (SSSR count). The Labute approximate surface area is 238 Å². The van der Waals surface area contributed by atoms with Crippen molar-refractivity contribution in [2.24, 2.45) is 0 Å². The minimum Gasteiger partial charge on any atom is -0.389 e. The fraction of sp³-hybridized carbons (Fsp3) is 0.630. The summed E-state index contributed by atoms with van der Waals surface area (Å²) in [5.41, 5.74) is -3.25. The number of nitrogens with zero attached hydrogens (tertiary/aromatic N) is 3. The Bertz CT molecular complexity index is 1280. The quantitative estimate of drug-likeness (QED) is 0.349. The number of likely N-dealkylation sites (tertiary alicyclic amines) is 1. The second-order valence-corrected chi connectivity index (χ2v) is 12.4. The minimum absolute atomic E-state index is 0.0857. The number of rotatable bonds is 7. The van der Waals surface area contributed by atoms with Crippen molar-refractivity contribution < 1.29 is 36.6 Å². The van der Waals surface area contributed by atoms with Crippen molar-refractivity contribution in [2.75, 3.05) is 18.4 Å². The summed E-state index contributed by atoms with van der Waals surface area (Å²) in [4.78, 5) is 36.0. The first kappa shape index (κ1) is 31.1. The van der Waals surface area contributed by atoms with Gasteiger partial charge in [-0.05, 0) is 58.9 Å². The molecule has 1 aliphatic carbocycles. The van der Waals surface area contributed by atoms with Crippen molar-refractivity contribution in [1.82, 2.24) is 20.2 Å². The van der Waals surface area contributed by atoms with Gasteiger partial charge < -0.3 is 20.6 Å². The molecule has 2 atom stereocenters. The van der Waals surface area contributed by atoms with Crippen LogP contribution < -0.4 is 10.6 Å². The van der Waals surface area contributed by atoms with E-state index in [1.54, 1.807) is 0 Å². The summed E-state index contributed by atoms with van der Waals surface area (Å²) in [6, 6.07) is -0.879.